The van der Waals surface area contributed by atoms with E-state index in [0.717, 1.165) is 5.69 Å². The quantitative estimate of drug-likeness (QED) is 0.535. The normalized spacial score (nSPS) is 8.70. The Bertz CT molecular complexity index is 216. The molecule has 0 aliphatic rings. The van der Waals surface area contributed by atoms with Crippen LogP contribution in [-0.4, -0.2) is 4.98 Å². The van der Waals surface area contributed by atoms with Crippen molar-refractivity contribution in [2.45, 2.75) is 28.2 Å². The van der Waals surface area contributed by atoms with E-state index in [1.807, 2.05) is 13.1 Å². The van der Waals surface area contributed by atoms with Gasteiger partial charge in [0, 0.05) is 11.9 Å². The Morgan fingerprint density at radius 1 is 1.20 bits per heavy atom. The Morgan fingerprint density at radius 3 is 2.20 bits per heavy atom. The highest BCUT2D eigenvalue weighted by Crippen LogP contribution is 2.03. The Kier molecular flexibility index (Phi) is 3.07. The summed E-state index contributed by atoms with van der Waals surface area (Å²) in [4.78, 5) is 4.18. The first-order valence-electron chi connectivity index (χ1n) is 3.10. The van der Waals surface area contributed by atoms with E-state index >= 15 is 0 Å². The topological polar surface area (TPSA) is 12.9 Å². The van der Waals surface area contributed by atoms with Gasteiger partial charge in [0.05, 0.1) is 0 Å². The fourth-order valence-corrected chi connectivity index (χ4v) is 0.784. The average Bonchev–Trinajstić information content (AvgIpc) is 1.80. The molecule has 0 unspecified atom stereocenters. The van der Waals surface area contributed by atoms with Gasteiger partial charge >= 0.3 is 0 Å². The lowest BCUT2D eigenvalue weighted by Crippen LogP contribution is -1.85. The Hall–Kier alpha value is -0.850. The summed E-state index contributed by atoms with van der Waals surface area (Å²) in [5.74, 6) is 0. The summed E-state index contributed by atoms with van der Waals surface area (Å²) in [6.07, 6.45) is 1.89. The van der Waals surface area contributed by atoms with Gasteiger partial charge in [-0.3, -0.25) is 4.98 Å². The molecule has 0 atom stereocenters. The summed E-state index contributed by atoms with van der Waals surface area (Å²) in [7, 11) is 0. The molecule has 1 heterocycles. The molecular weight excluding hydrogens is 122 g/mol. The summed E-state index contributed by atoms with van der Waals surface area (Å²) in [6.45, 7) is 6.16. The molecule has 0 aliphatic carbocycles. The number of hydrogen-bond acceptors (Lipinski definition) is 1. The van der Waals surface area contributed by atoms with E-state index in [9.17, 15) is 0 Å². The highest BCUT2D eigenvalue weighted by Gasteiger charge is 1.90. The minimum Gasteiger partial charge on any atom is -0.261 e. The molecule has 0 spiro atoms. The first-order chi connectivity index (χ1) is 4.20. The molecule has 0 bridgehead atoms. The molecule has 56 valence electrons. The molecule has 1 rings (SSSR count). The van der Waals surface area contributed by atoms with E-state index < -0.39 is 0 Å². The molecular formula is C9H15N. The van der Waals surface area contributed by atoms with E-state index in [1.165, 1.54) is 11.1 Å². The van der Waals surface area contributed by atoms with Crippen LogP contribution in [0.15, 0.2) is 12.3 Å². The third-order valence-electron chi connectivity index (χ3n) is 1.48. The smallest absolute Gasteiger partial charge is 0.0401 e. The maximum absolute atomic E-state index is 4.18. The number of aromatic nitrogens is 1. The second-order valence-electron chi connectivity index (χ2n) is 2.41. The van der Waals surface area contributed by atoms with Crippen molar-refractivity contribution >= 4 is 0 Å². The number of nitrogens with zero attached hydrogens (tertiary/aromatic N) is 1. The lowest BCUT2D eigenvalue weighted by molar-refractivity contribution is 1.12. The monoisotopic (exact) mass is 137 g/mol. The Labute approximate surface area is 63.1 Å². The highest BCUT2D eigenvalue weighted by atomic mass is 14.7. The van der Waals surface area contributed by atoms with Crippen molar-refractivity contribution in [3.8, 4) is 0 Å². The summed E-state index contributed by atoms with van der Waals surface area (Å²) >= 11 is 0. The molecule has 0 radical (unpaired) electrons. The fourth-order valence-electron chi connectivity index (χ4n) is 0.784. The summed E-state index contributed by atoms with van der Waals surface area (Å²) < 4.78 is 0. The van der Waals surface area contributed by atoms with Gasteiger partial charge in [-0.05, 0) is 31.9 Å². The maximum Gasteiger partial charge on any atom is 0.0401 e. The van der Waals surface area contributed by atoms with Gasteiger partial charge in [-0.1, -0.05) is 13.5 Å². The van der Waals surface area contributed by atoms with Crippen LogP contribution in [0.25, 0.3) is 0 Å². The van der Waals surface area contributed by atoms with Crippen LogP contribution in [0, 0.1) is 20.8 Å². The largest absolute Gasteiger partial charge is 0.261 e. The molecule has 0 fully saturated rings. The third kappa shape index (κ3) is 1.83. The van der Waals surface area contributed by atoms with Crippen molar-refractivity contribution in [2.75, 3.05) is 0 Å². The number of aryl methyl sites for hydroxylation is 3. The van der Waals surface area contributed by atoms with Crippen LogP contribution in [0.3, 0.4) is 0 Å². The number of rotatable bonds is 0. The van der Waals surface area contributed by atoms with Gasteiger partial charge < -0.3 is 0 Å². The van der Waals surface area contributed by atoms with Gasteiger partial charge in [0.25, 0.3) is 0 Å². The Balaban J connectivity index is 0.000000810. The van der Waals surface area contributed by atoms with Crippen LogP contribution in [0.4, 0.5) is 0 Å². The minimum absolute atomic E-state index is 0. The molecule has 1 aromatic heterocycles. The summed E-state index contributed by atoms with van der Waals surface area (Å²) in [6, 6.07) is 2.14. The van der Waals surface area contributed by atoms with Crippen molar-refractivity contribution in [3.63, 3.8) is 0 Å². The van der Waals surface area contributed by atoms with Crippen LogP contribution in [-0.2, 0) is 0 Å². The summed E-state index contributed by atoms with van der Waals surface area (Å²) in [5.41, 5.74) is 3.63. The van der Waals surface area contributed by atoms with Crippen molar-refractivity contribution < 1.29 is 0 Å². The van der Waals surface area contributed by atoms with Gasteiger partial charge in [0.1, 0.15) is 0 Å². The average molecular weight is 137 g/mol. The summed E-state index contributed by atoms with van der Waals surface area (Å²) in [5, 5.41) is 0. The van der Waals surface area contributed by atoms with Gasteiger partial charge in [0.15, 0.2) is 0 Å². The molecule has 1 heteroatoms. The predicted octanol–water partition coefficient (Wildman–Crippen LogP) is 2.64. The lowest BCUT2D eigenvalue weighted by atomic mass is 10.2. The molecule has 1 nitrogen and oxygen atoms in total. The second-order valence-corrected chi connectivity index (χ2v) is 2.41. The fraction of sp³-hybridized carbons (Fsp3) is 0.444. The SMILES string of the molecule is C.Cc1cnc(C)c(C)c1. The van der Waals surface area contributed by atoms with Crippen LogP contribution < -0.4 is 0 Å². The van der Waals surface area contributed by atoms with Crippen molar-refractivity contribution in [2.24, 2.45) is 0 Å². The van der Waals surface area contributed by atoms with Gasteiger partial charge in [-0.2, -0.15) is 0 Å². The van der Waals surface area contributed by atoms with Crippen LogP contribution in [0.2, 0.25) is 0 Å². The standard InChI is InChI=1S/C8H11N.CH4/c1-6-4-7(2)8(3)9-5-6;/h4-5H,1-3H3;1H4. The Morgan fingerprint density at radius 2 is 1.80 bits per heavy atom. The minimum atomic E-state index is 0. The van der Waals surface area contributed by atoms with E-state index in [0.29, 0.717) is 0 Å². The first-order valence-corrected chi connectivity index (χ1v) is 3.10. The molecule has 0 saturated heterocycles. The van der Waals surface area contributed by atoms with Crippen LogP contribution in [0.1, 0.15) is 24.2 Å². The van der Waals surface area contributed by atoms with Gasteiger partial charge in [0.2, 0.25) is 0 Å². The molecule has 0 N–H and O–H groups in total. The van der Waals surface area contributed by atoms with Crippen molar-refractivity contribution in [3.05, 3.63) is 29.1 Å². The van der Waals surface area contributed by atoms with Crippen molar-refractivity contribution in [1.29, 1.82) is 0 Å². The zero-order valence-corrected chi connectivity index (χ0v) is 6.10. The van der Waals surface area contributed by atoms with E-state index in [4.69, 9.17) is 0 Å². The molecule has 0 saturated carbocycles. The zero-order valence-electron chi connectivity index (χ0n) is 6.10. The predicted molar refractivity (Wildman–Crippen MR) is 45.2 cm³/mol. The third-order valence-corrected chi connectivity index (χ3v) is 1.48. The first kappa shape index (κ1) is 9.15. The lowest BCUT2D eigenvalue weighted by Gasteiger charge is -1.97. The molecule has 0 aliphatic heterocycles. The second kappa shape index (κ2) is 3.35. The van der Waals surface area contributed by atoms with Crippen molar-refractivity contribution in [1.82, 2.24) is 4.98 Å². The molecule has 0 amide bonds. The van der Waals surface area contributed by atoms with Gasteiger partial charge in [-0.15, -0.1) is 0 Å². The maximum atomic E-state index is 4.18. The van der Waals surface area contributed by atoms with Gasteiger partial charge in [-0.25, -0.2) is 0 Å². The van der Waals surface area contributed by atoms with E-state index in [1.54, 1.807) is 0 Å². The number of pyridine rings is 1. The molecule has 10 heavy (non-hydrogen) atoms. The molecule has 1 aromatic rings. The van der Waals surface area contributed by atoms with E-state index in [-0.39, 0.29) is 7.43 Å². The van der Waals surface area contributed by atoms with E-state index in [2.05, 4.69) is 24.9 Å². The van der Waals surface area contributed by atoms with Crippen LogP contribution >= 0.6 is 0 Å². The zero-order chi connectivity index (χ0) is 6.85. The number of hydrogen-bond donors (Lipinski definition) is 0. The highest BCUT2D eigenvalue weighted by molar-refractivity contribution is 5.21. The van der Waals surface area contributed by atoms with Crippen LogP contribution in [0.5, 0.6) is 0 Å². The molecule has 0 aromatic carbocycles.